The molecule has 7 nitrogen and oxygen atoms in total. The van der Waals surface area contributed by atoms with Crippen molar-refractivity contribution in [3.8, 4) is 0 Å². The standard InChI is InChI=1S/C12H19N5O2/c13-11(16-19)10-5-6-14-12(15-10)17-7-3-1-2-4-9(17)8-18/h5-6,9,18-19H,1-4,7-8H2,(H2,13,16). The van der Waals surface area contributed by atoms with Gasteiger partial charge in [0.05, 0.1) is 12.6 Å². The largest absolute Gasteiger partial charge is 0.409 e. The number of hydrogen-bond acceptors (Lipinski definition) is 6. The summed E-state index contributed by atoms with van der Waals surface area (Å²) in [5, 5.41) is 21.1. The third kappa shape index (κ3) is 3.11. The average molecular weight is 265 g/mol. The molecule has 0 radical (unpaired) electrons. The van der Waals surface area contributed by atoms with Crippen LogP contribution in [-0.4, -0.2) is 45.3 Å². The number of rotatable bonds is 3. The first kappa shape index (κ1) is 13.5. The van der Waals surface area contributed by atoms with Gasteiger partial charge in [-0.15, -0.1) is 0 Å². The van der Waals surface area contributed by atoms with Crippen LogP contribution in [0.2, 0.25) is 0 Å². The summed E-state index contributed by atoms with van der Waals surface area (Å²) in [6, 6.07) is 1.62. The van der Waals surface area contributed by atoms with Crippen LogP contribution in [-0.2, 0) is 0 Å². The molecule has 1 aliphatic rings. The molecule has 0 aliphatic carbocycles. The maximum atomic E-state index is 9.49. The molecular weight excluding hydrogens is 246 g/mol. The minimum atomic E-state index is -0.0426. The SMILES string of the molecule is N/C(=N/O)c1ccnc(N2CCCCCC2CO)n1. The molecule has 7 heteroatoms. The zero-order valence-electron chi connectivity index (χ0n) is 10.7. The van der Waals surface area contributed by atoms with Crippen molar-refractivity contribution in [2.75, 3.05) is 18.1 Å². The fourth-order valence-electron chi connectivity index (χ4n) is 2.31. The normalized spacial score (nSPS) is 21.2. The lowest BCUT2D eigenvalue weighted by atomic mass is 10.1. The smallest absolute Gasteiger partial charge is 0.226 e. The Bertz CT molecular complexity index is 452. The lowest BCUT2D eigenvalue weighted by Crippen LogP contribution is -2.39. The van der Waals surface area contributed by atoms with Crippen molar-refractivity contribution in [2.45, 2.75) is 31.7 Å². The number of nitrogens with two attached hydrogens (primary N) is 1. The Hall–Kier alpha value is -1.89. The van der Waals surface area contributed by atoms with E-state index < -0.39 is 0 Å². The number of hydrogen-bond donors (Lipinski definition) is 3. The zero-order chi connectivity index (χ0) is 13.7. The first-order valence-corrected chi connectivity index (χ1v) is 6.44. The van der Waals surface area contributed by atoms with E-state index in [-0.39, 0.29) is 18.5 Å². The summed E-state index contributed by atoms with van der Waals surface area (Å²) in [5.74, 6) is 0.476. The van der Waals surface area contributed by atoms with Crippen molar-refractivity contribution in [1.29, 1.82) is 0 Å². The Morgan fingerprint density at radius 1 is 1.47 bits per heavy atom. The molecule has 1 aromatic heterocycles. The van der Waals surface area contributed by atoms with Crippen LogP contribution >= 0.6 is 0 Å². The zero-order valence-corrected chi connectivity index (χ0v) is 10.7. The Labute approximate surface area is 111 Å². The van der Waals surface area contributed by atoms with Crippen LogP contribution in [0, 0.1) is 0 Å². The highest BCUT2D eigenvalue weighted by Crippen LogP contribution is 2.20. The molecule has 1 atom stereocenters. The summed E-state index contributed by atoms with van der Waals surface area (Å²) in [4.78, 5) is 10.5. The van der Waals surface area contributed by atoms with Gasteiger partial charge in [-0.2, -0.15) is 0 Å². The van der Waals surface area contributed by atoms with Crippen LogP contribution in [0.1, 0.15) is 31.4 Å². The molecule has 104 valence electrons. The van der Waals surface area contributed by atoms with E-state index in [4.69, 9.17) is 10.9 Å². The molecule has 1 saturated heterocycles. The maximum absolute atomic E-state index is 9.49. The molecule has 1 fully saturated rings. The third-order valence-corrected chi connectivity index (χ3v) is 3.36. The summed E-state index contributed by atoms with van der Waals surface area (Å²) >= 11 is 0. The molecule has 0 bridgehead atoms. The van der Waals surface area contributed by atoms with Gasteiger partial charge in [0.2, 0.25) is 5.95 Å². The van der Waals surface area contributed by atoms with Crippen LogP contribution in [0.3, 0.4) is 0 Å². The van der Waals surface area contributed by atoms with Gasteiger partial charge in [0.15, 0.2) is 5.84 Å². The second kappa shape index (κ2) is 6.33. The van der Waals surface area contributed by atoms with Crippen molar-refractivity contribution >= 4 is 11.8 Å². The molecule has 0 aromatic carbocycles. The lowest BCUT2D eigenvalue weighted by molar-refractivity contribution is 0.254. The van der Waals surface area contributed by atoms with Crippen molar-refractivity contribution < 1.29 is 10.3 Å². The molecule has 0 amide bonds. The molecule has 4 N–H and O–H groups in total. The first-order chi connectivity index (χ1) is 9.26. The summed E-state index contributed by atoms with van der Waals surface area (Å²) in [7, 11) is 0. The summed E-state index contributed by atoms with van der Waals surface area (Å²) in [6.45, 7) is 0.891. The maximum Gasteiger partial charge on any atom is 0.226 e. The molecule has 1 aliphatic heterocycles. The number of nitrogens with zero attached hydrogens (tertiary/aromatic N) is 4. The quantitative estimate of drug-likeness (QED) is 0.314. The molecule has 0 spiro atoms. The Kier molecular flexibility index (Phi) is 4.51. The van der Waals surface area contributed by atoms with E-state index >= 15 is 0 Å². The molecule has 2 heterocycles. The first-order valence-electron chi connectivity index (χ1n) is 6.44. The van der Waals surface area contributed by atoms with Crippen LogP contribution in [0.4, 0.5) is 5.95 Å². The molecule has 1 unspecified atom stereocenters. The Morgan fingerprint density at radius 3 is 3.05 bits per heavy atom. The number of anilines is 1. The molecule has 2 rings (SSSR count). The van der Waals surface area contributed by atoms with E-state index in [1.165, 1.54) is 0 Å². The number of amidine groups is 1. The van der Waals surface area contributed by atoms with Gasteiger partial charge in [-0.25, -0.2) is 9.97 Å². The Morgan fingerprint density at radius 2 is 2.32 bits per heavy atom. The molecule has 19 heavy (non-hydrogen) atoms. The highest BCUT2D eigenvalue weighted by Gasteiger charge is 2.22. The van der Waals surface area contributed by atoms with Crippen LogP contribution in [0.15, 0.2) is 17.4 Å². The number of aliphatic hydroxyl groups excluding tert-OH is 1. The number of aliphatic hydroxyl groups is 1. The fraction of sp³-hybridized carbons (Fsp3) is 0.583. The van der Waals surface area contributed by atoms with E-state index in [1.807, 2.05) is 4.90 Å². The van der Waals surface area contributed by atoms with Crippen LogP contribution in [0.5, 0.6) is 0 Å². The van der Waals surface area contributed by atoms with Crippen molar-refractivity contribution in [3.63, 3.8) is 0 Å². The second-order valence-electron chi connectivity index (χ2n) is 4.61. The highest BCUT2D eigenvalue weighted by molar-refractivity contribution is 5.95. The van der Waals surface area contributed by atoms with Crippen LogP contribution in [0.25, 0.3) is 0 Å². The molecule has 1 aromatic rings. The van der Waals surface area contributed by atoms with Crippen molar-refractivity contribution in [2.24, 2.45) is 10.9 Å². The predicted octanol–water partition coefficient (Wildman–Crippen LogP) is 0.312. The summed E-state index contributed by atoms with van der Waals surface area (Å²) in [5.41, 5.74) is 5.92. The summed E-state index contributed by atoms with van der Waals surface area (Å²) in [6.07, 6.45) is 5.80. The molecular formula is C12H19N5O2. The number of oxime groups is 1. The predicted molar refractivity (Wildman–Crippen MR) is 71.2 cm³/mol. The van der Waals surface area contributed by atoms with Crippen molar-refractivity contribution in [3.05, 3.63) is 18.0 Å². The van der Waals surface area contributed by atoms with Crippen LogP contribution < -0.4 is 10.6 Å². The van der Waals surface area contributed by atoms with Crippen molar-refractivity contribution in [1.82, 2.24) is 9.97 Å². The van der Waals surface area contributed by atoms with E-state index in [2.05, 4.69) is 15.1 Å². The van der Waals surface area contributed by atoms with E-state index in [1.54, 1.807) is 12.3 Å². The van der Waals surface area contributed by atoms with Gasteiger partial charge in [-0.05, 0) is 18.9 Å². The van der Waals surface area contributed by atoms with E-state index in [0.29, 0.717) is 11.6 Å². The number of aromatic nitrogens is 2. The van der Waals surface area contributed by atoms with E-state index in [0.717, 1.165) is 32.2 Å². The monoisotopic (exact) mass is 265 g/mol. The average Bonchev–Trinajstić information content (AvgIpc) is 2.71. The van der Waals surface area contributed by atoms with Gasteiger partial charge in [-0.3, -0.25) is 0 Å². The van der Waals surface area contributed by atoms with Gasteiger partial charge in [0, 0.05) is 12.7 Å². The minimum Gasteiger partial charge on any atom is -0.409 e. The van der Waals surface area contributed by atoms with Gasteiger partial charge < -0.3 is 20.9 Å². The van der Waals surface area contributed by atoms with Gasteiger partial charge in [-0.1, -0.05) is 18.0 Å². The Balaban J connectivity index is 2.28. The highest BCUT2D eigenvalue weighted by atomic mass is 16.4. The minimum absolute atomic E-state index is 0.0324. The molecule has 0 saturated carbocycles. The second-order valence-corrected chi connectivity index (χ2v) is 4.61. The van der Waals surface area contributed by atoms with Gasteiger partial charge in [0.1, 0.15) is 5.69 Å². The summed E-state index contributed by atoms with van der Waals surface area (Å²) < 4.78 is 0. The fourth-order valence-corrected chi connectivity index (χ4v) is 2.31. The third-order valence-electron chi connectivity index (χ3n) is 3.36. The van der Waals surface area contributed by atoms with E-state index in [9.17, 15) is 5.11 Å². The topological polar surface area (TPSA) is 108 Å². The van der Waals surface area contributed by atoms with Gasteiger partial charge in [0.25, 0.3) is 0 Å². The van der Waals surface area contributed by atoms with Gasteiger partial charge >= 0.3 is 0 Å². The lowest BCUT2D eigenvalue weighted by Gasteiger charge is -2.28.